The summed E-state index contributed by atoms with van der Waals surface area (Å²) in [5.41, 5.74) is 5.06. The van der Waals surface area contributed by atoms with Crippen LogP contribution in [0.1, 0.15) is 19.8 Å². The predicted octanol–water partition coefficient (Wildman–Crippen LogP) is 0.410. The number of nitrogens with zero attached hydrogens (tertiary/aromatic N) is 3. The first-order valence-electron chi connectivity index (χ1n) is 5.12. The lowest BCUT2D eigenvalue weighted by molar-refractivity contribution is 0.0350. The molecule has 2 heterocycles. The van der Waals surface area contributed by atoms with Crippen molar-refractivity contribution in [3.05, 3.63) is 12.4 Å². The summed E-state index contributed by atoms with van der Waals surface area (Å²) in [4.78, 5) is 10.1. The molecule has 0 unspecified atom stereocenters. The minimum atomic E-state index is -0.533. The first-order chi connectivity index (χ1) is 7.07. The van der Waals surface area contributed by atoms with Gasteiger partial charge in [-0.3, -0.25) is 0 Å². The molecule has 1 fully saturated rings. The van der Waals surface area contributed by atoms with E-state index < -0.39 is 5.60 Å². The van der Waals surface area contributed by atoms with Gasteiger partial charge < -0.3 is 15.7 Å². The maximum atomic E-state index is 9.81. The molecule has 5 nitrogen and oxygen atoms in total. The number of nitrogens with two attached hydrogens (primary N) is 1. The Labute approximate surface area is 88.9 Å². The van der Waals surface area contributed by atoms with Gasteiger partial charge in [-0.2, -0.15) is 0 Å². The highest BCUT2D eigenvalue weighted by Crippen LogP contribution is 2.24. The van der Waals surface area contributed by atoms with E-state index in [1.54, 1.807) is 6.07 Å². The Kier molecular flexibility index (Phi) is 2.48. The molecule has 5 heteroatoms. The quantitative estimate of drug-likeness (QED) is 0.699. The Hall–Kier alpha value is -1.36. The second-order valence-electron chi connectivity index (χ2n) is 4.29. The Balaban J connectivity index is 2.08. The standard InChI is InChI=1S/C10H16N4O/c1-10(15)2-4-14(5-3-10)9-6-8(11)12-7-13-9/h6-7,15H,2-5H2,1H3,(H2,11,12,13). The lowest BCUT2D eigenvalue weighted by Gasteiger charge is -2.36. The van der Waals surface area contributed by atoms with Gasteiger partial charge in [0.1, 0.15) is 18.0 Å². The number of piperidine rings is 1. The summed E-state index contributed by atoms with van der Waals surface area (Å²) >= 11 is 0. The van der Waals surface area contributed by atoms with Crippen molar-refractivity contribution in [3.8, 4) is 0 Å². The summed E-state index contributed by atoms with van der Waals surface area (Å²) in [7, 11) is 0. The zero-order chi connectivity index (χ0) is 10.9. The van der Waals surface area contributed by atoms with E-state index in [0.717, 1.165) is 31.7 Å². The molecule has 1 aromatic rings. The summed E-state index contributed by atoms with van der Waals surface area (Å²) in [6, 6.07) is 1.76. The zero-order valence-corrected chi connectivity index (χ0v) is 8.85. The van der Waals surface area contributed by atoms with E-state index in [9.17, 15) is 5.11 Å². The van der Waals surface area contributed by atoms with E-state index in [1.165, 1.54) is 6.33 Å². The number of rotatable bonds is 1. The highest BCUT2D eigenvalue weighted by atomic mass is 16.3. The third-order valence-electron chi connectivity index (χ3n) is 2.84. The monoisotopic (exact) mass is 208 g/mol. The van der Waals surface area contributed by atoms with Gasteiger partial charge in [0, 0.05) is 19.2 Å². The summed E-state index contributed by atoms with van der Waals surface area (Å²) in [5, 5.41) is 9.81. The van der Waals surface area contributed by atoms with Crippen molar-refractivity contribution in [2.45, 2.75) is 25.4 Å². The number of aliphatic hydroxyl groups is 1. The molecule has 0 saturated carbocycles. The zero-order valence-electron chi connectivity index (χ0n) is 8.85. The molecular weight excluding hydrogens is 192 g/mol. The van der Waals surface area contributed by atoms with Crippen LogP contribution in [-0.4, -0.2) is 33.8 Å². The van der Waals surface area contributed by atoms with Gasteiger partial charge in [0.05, 0.1) is 5.60 Å². The third kappa shape index (κ3) is 2.36. The number of aromatic nitrogens is 2. The summed E-state index contributed by atoms with van der Waals surface area (Å²) in [5.74, 6) is 1.33. The number of hydrogen-bond donors (Lipinski definition) is 2. The highest BCUT2D eigenvalue weighted by Gasteiger charge is 2.27. The van der Waals surface area contributed by atoms with Crippen molar-refractivity contribution >= 4 is 11.6 Å². The van der Waals surface area contributed by atoms with Crippen LogP contribution in [0.5, 0.6) is 0 Å². The Morgan fingerprint density at radius 1 is 1.40 bits per heavy atom. The molecule has 0 aromatic carbocycles. The van der Waals surface area contributed by atoms with Crippen molar-refractivity contribution in [2.24, 2.45) is 0 Å². The summed E-state index contributed by atoms with van der Waals surface area (Å²) in [6.45, 7) is 3.49. The molecule has 2 rings (SSSR count). The lowest BCUT2D eigenvalue weighted by Crippen LogP contribution is -2.42. The van der Waals surface area contributed by atoms with Gasteiger partial charge in [0.2, 0.25) is 0 Å². The van der Waals surface area contributed by atoms with Crippen LogP contribution in [0.15, 0.2) is 12.4 Å². The van der Waals surface area contributed by atoms with E-state index in [-0.39, 0.29) is 0 Å². The maximum Gasteiger partial charge on any atom is 0.134 e. The fourth-order valence-corrected chi connectivity index (χ4v) is 1.75. The van der Waals surface area contributed by atoms with Crippen LogP contribution in [0.4, 0.5) is 11.6 Å². The van der Waals surface area contributed by atoms with Gasteiger partial charge in [-0.1, -0.05) is 0 Å². The Morgan fingerprint density at radius 3 is 2.67 bits per heavy atom. The number of anilines is 2. The largest absolute Gasteiger partial charge is 0.390 e. The van der Waals surface area contributed by atoms with Gasteiger partial charge in [-0.15, -0.1) is 0 Å². The molecule has 0 atom stereocenters. The first-order valence-corrected chi connectivity index (χ1v) is 5.12. The molecule has 3 N–H and O–H groups in total. The van der Waals surface area contributed by atoms with Crippen LogP contribution in [0.25, 0.3) is 0 Å². The van der Waals surface area contributed by atoms with Crippen LogP contribution >= 0.6 is 0 Å². The maximum absolute atomic E-state index is 9.81. The van der Waals surface area contributed by atoms with E-state index in [0.29, 0.717) is 5.82 Å². The van der Waals surface area contributed by atoms with Crippen molar-refractivity contribution in [2.75, 3.05) is 23.7 Å². The fraction of sp³-hybridized carbons (Fsp3) is 0.600. The van der Waals surface area contributed by atoms with E-state index >= 15 is 0 Å². The minimum absolute atomic E-state index is 0.484. The molecule has 0 bridgehead atoms. The van der Waals surface area contributed by atoms with Gasteiger partial charge in [0.25, 0.3) is 0 Å². The molecule has 0 spiro atoms. The summed E-state index contributed by atoms with van der Waals surface area (Å²) < 4.78 is 0. The molecule has 1 saturated heterocycles. The smallest absolute Gasteiger partial charge is 0.134 e. The Bertz CT molecular complexity index is 343. The van der Waals surface area contributed by atoms with Crippen LogP contribution in [-0.2, 0) is 0 Å². The van der Waals surface area contributed by atoms with Crippen LogP contribution in [0.3, 0.4) is 0 Å². The second kappa shape index (κ2) is 3.66. The molecule has 1 aliphatic rings. The normalized spacial score (nSPS) is 20.3. The summed E-state index contributed by atoms with van der Waals surface area (Å²) in [6.07, 6.45) is 2.99. The Morgan fingerprint density at radius 2 is 2.07 bits per heavy atom. The van der Waals surface area contributed by atoms with E-state index in [2.05, 4.69) is 14.9 Å². The van der Waals surface area contributed by atoms with E-state index in [1.807, 2.05) is 6.92 Å². The lowest BCUT2D eigenvalue weighted by atomic mass is 9.94. The number of nitrogen functional groups attached to an aromatic ring is 1. The molecule has 0 radical (unpaired) electrons. The van der Waals surface area contributed by atoms with Gasteiger partial charge in [-0.25, -0.2) is 9.97 Å². The van der Waals surface area contributed by atoms with Gasteiger partial charge in [-0.05, 0) is 19.8 Å². The SMILES string of the molecule is CC1(O)CCN(c2cc(N)ncn2)CC1. The molecule has 1 aliphatic heterocycles. The van der Waals surface area contributed by atoms with Crippen LogP contribution in [0.2, 0.25) is 0 Å². The van der Waals surface area contributed by atoms with Crippen molar-refractivity contribution in [3.63, 3.8) is 0 Å². The minimum Gasteiger partial charge on any atom is -0.390 e. The molecule has 0 amide bonds. The van der Waals surface area contributed by atoms with Gasteiger partial charge >= 0.3 is 0 Å². The molecule has 15 heavy (non-hydrogen) atoms. The molecule has 1 aromatic heterocycles. The van der Waals surface area contributed by atoms with Crippen LogP contribution in [0, 0.1) is 0 Å². The highest BCUT2D eigenvalue weighted by molar-refractivity contribution is 5.46. The average Bonchev–Trinajstić information content (AvgIpc) is 2.17. The third-order valence-corrected chi connectivity index (χ3v) is 2.84. The molecule has 82 valence electrons. The second-order valence-corrected chi connectivity index (χ2v) is 4.29. The molecule has 0 aliphatic carbocycles. The van der Waals surface area contributed by atoms with Crippen molar-refractivity contribution < 1.29 is 5.11 Å². The average molecular weight is 208 g/mol. The van der Waals surface area contributed by atoms with E-state index in [4.69, 9.17) is 5.73 Å². The first kappa shape index (κ1) is 10.2. The molecular formula is C10H16N4O. The van der Waals surface area contributed by atoms with Crippen LogP contribution < -0.4 is 10.6 Å². The predicted molar refractivity (Wildman–Crippen MR) is 58.5 cm³/mol. The van der Waals surface area contributed by atoms with Crippen molar-refractivity contribution in [1.82, 2.24) is 9.97 Å². The van der Waals surface area contributed by atoms with Crippen molar-refractivity contribution in [1.29, 1.82) is 0 Å². The number of hydrogen-bond acceptors (Lipinski definition) is 5. The fourth-order valence-electron chi connectivity index (χ4n) is 1.75. The topological polar surface area (TPSA) is 75.3 Å². The van der Waals surface area contributed by atoms with Gasteiger partial charge in [0.15, 0.2) is 0 Å².